The smallest absolute Gasteiger partial charge is 0.163 e. The molecular formula is C15H22O2. The number of ketones is 1. The van der Waals surface area contributed by atoms with Crippen LogP contribution in [0.3, 0.4) is 0 Å². The highest BCUT2D eigenvalue weighted by molar-refractivity contribution is 5.97. The van der Waals surface area contributed by atoms with Gasteiger partial charge in [0.25, 0.3) is 0 Å². The van der Waals surface area contributed by atoms with E-state index in [1.165, 1.54) is 0 Å². The SMILES string of the molecule is CC(=O)c1cc(C)ccc1OCCCC(C)C. The van der Waals surface area contributed by atoms with Crippen LogP contribution < -0.4 is 4.74 Å². The minimum Gasteiger partial charge on any atom is -0.493 e. The molecule has 2 nitrogen and oxygen atoms in total. The van der Waals surface area contributed by atoms with Crippen LogP contribution in [0.4, 0.5) is 0 Å². The van der Waals surface area contributed by atoms with E-state index in [1.807, 2.05) is 25.1 Å². The summed E-state index contributed by atoms with van der Waals surface area (Å²) in [6, 6.07) is 5.76. The van der Waals surface area contributed by atoms with Crippen LogP contribution in [0.1, 0.15) is 49.5 Å². The second-order valence-corrected chi connectivity index (χ2v) is 4.94. The number of ether oxygens (including phenoxy) is 1. The fourth-order valence-electron chi connectivity index (χ4n) is 1.72. The lowest BCUT2D eigenvalue weighted by molar-refractivity contribution is 0.101. The molecule has 94 valence electrons. The first-order valence-corrected chi connectivity index (χ1v) is 6.25. The zero-order valence-corrected chi connectivity index (χ0v) is 11.2. The summed E-state index contributed by atoms with van der Waals surface area (Å²) in [6.07, 6.45) is 2.18. The van der Waals surface area contributed by atoms with Gasteiger partial charge in [-0.1, -0.05) is 25.5 Å². The van der Waals surface area contributed by atoms with Crippen LogP contribution in [-0.4, -0.2) is 12.4 Å². The Hall–Kier alpha value is -1.31. The van der Waals surface area contributed by atoms with E-state index >= 15 is 0 Å². The molecule has 0 atom stereocenters. The van der Waals surface area contributed by atoms with Crippen molar-refractivity contribution in [2.24, 2.45) is 5.92 Å². The van der Waals surface area contributed by atoms with Crippen molar-refractivity contribution in [3.8, 4) is 5.75 Å². The van der Waals surface area contributed by atoms with Crippen molar-refractivity contribution in [1.29, 1.82) is 0 Å². The van der Waals surface area contributed by atoms with Gasteiger partial charge in [0.2, 0.25) is 0 Å². The van der Waals surface area contributed by atoms with Gasteiger partial charge in [0.05, 0.1) is 12.2 Å². The standard InChI is InChI=1S/C15H22O2/c1-11(2)6-5-9-17-15-8-7-12(3)10-14(15)13(4)16/h7-8,10-11H,5-6,9H2,1-4H3. The highest BCUT2D eigenvalue weighted by Gasteiger charge is 2.08. The molecule has 0 unspecified atom stereocenters. The molecule has 0 aromatic heterocycles. The van der Waals surface area contributed by atoms with Gasteiger partial charge in [-0.25, -0.2) is 0 Å². The molecule has 1 rings (SSSR count). The summed E-state index contributed by atoms with van der Waals surface area (Å²) in [5.41, 5.74) is 1.78. The van der Waals surface area contributed by atoms with Crippen molar-refractivity contribution in [2.45, 2.75) is 40.5 Å². The number of benzene rings is 1. The van der Waals surface area contributed by atoms with Gasteiger partial charge in [0.15, 0.2) is 5.78 Å². The van der Waals surface area contributed by atoms with Gasteiger partial charge >= 0.3 is 0 Å². The number of carbonyl (C=O) groups excluding carboxylic acids is 1. The fraction of sp³-hybridized carbons (Fsp3) is 0.533. The Morgan fingerprint density at radius 2 is 2.06 bits per heavy atom. The Morgan fingerprint density at radius 1 is 1.35 bits per heavy atom. The number of aryl methyl sites for hydroxylation is 1. The van der Waals surface area contributed by atoms with Gasteiger partial charge in [-0.05, 0) is 44.7 Å². The van der Waals surface area contributed by atoms with E-state index in [0.717, 1.165) is 18.4 Å². The first-order chi connectivity index (χ1) is 8.00. The van der Waals surface area contributed by atoms with E-state index in [-0.39, 0.29) is 5.78 Å². The Labute approximate surface area is 104 Å². The summed E-state index contributed by atoms with van der Waals surface area (Å²) in [5.74, 6) is 1.48. The first-order valence-electron chi connectivity index (χ1n) is 6.25. The van der Waals surface area contributed by atoms with E-state index < -0.39 is 0 Å². The van der Waals surface area contributed by atoms with Crippen molar-refractivity contribution < 1.29 is 9.53 Å². The minimum absolute atomic E-state index is 0.0626. The van der Waals surface area contributed by atoms with Crippen LogP contribution in [-0.2, 0) is 0 Å². The van der Waals surface area contributed by atoms with Crippen LogP contribution >= 0.6 is 0 Å². The van der Waals surface area contributed by atoms with Crippen LogP contribution in [0.2, 0.25) is 0 Å². The Kier molecular flexibility index (Phi) is 5.20. The maximum Gasteiger partial charge on any atom is 0.163 e. The molecule has 0 heterocycles. The molecule has 17 heavy (non-hydrogen) atoms. The molecule has 0 fully saturated rings. The third kappa shape index (κ3) is 4.59. The zero-order valence-electron chi connectivity index (χ0n) is 11.2. The van der Waals surface area contributed by atoms with Crippen molar-refractivity contribution in [3.05, 3.63) is 29.3 Å². The Morgan fingerprint density at radius 3 is 2.65 bits per heavy atom. The predicted octanol–water partition coefficient (Wildman–Crippen LogP) is 4.01. The molecular weight excluding hydrogens is 212 g/mol. The van der Waals surface area contributed by atoms with Crippen LogP contribution in [0.15, 0.2) is 18.2 Å². The van der Waals surface area contributed by atoms with Crippen molar-refractivity contribution in [2.75, 3.05) is 6.61 Å². The third-order valence-electron chi connectivity index (χ3n) is 2.70. The number of rotatable bonds is 6. The average molecular weight is 234 g/mol. The molecule has 0 saturated heterocycles. The summed E-state index contributed by atoms with van der Waals surface area (Å²) in [7, 11) is 0. The zero-order chi connectivity index (χ0) is 12.8. The molecule has 0 radical (unpaired) electrons. The van der Waals surface area contributed by atoms with Gasteiger partial charge in [-0.15, -0.1) is 0 Å². The highest BCUT2D eigenvalue weighted by Crippen LogP contribution is 2.21. The Bertz CT molecular complexity index is 381. The van der Waals surface area contributed by atoms with E-state index in [4.69, 9.17) is 4.74 Å². The van der Waals surface area contributed by atoms with E-state index in [0.29, 0.717) is 23.8 Å². The monoisotopic (exact) mass is 234 g/mol. The molecule has 0 N–H and O–H groups in total. The molecule has 0 aliphatic carbocycles. The lowest BCUT2D eigenvalue weighted by Crippen LogP contribution is -2.04. The summed E-state index contributed by atoms with van der Waals surface area (Å²) in [5, 5.41) is 0. The summed E-state index contributed by atoms with van der Waals surface area (Å²) >= 11 is 0. The maximum atomic E-state index is 11.5. The highest BCUT2D eigenvalue weighted by atomic mass is 16.5. The van der Waals surface area contributed by atoms with Crippen molar-refractivity contribution in [1.82, 2.24) is 0 Å². The fourth-order valence-corrected chi connectivity index (χ4v) is 1.72. The van der Waals surface area contributed by atoms with Crippen molar-refractivity contribution >= 4 is 5.78 Å². The summed E-state index contributed by atoms with van der Waals surface area (Å²) in [6.45, 7) is 8.64. The minimum atomic E-state index is 0.0626. The molecule has 0 amide bonds. The lowest BCUT2D eigenvalue weighted by Gasteiger charge is -2.11. The van der Waals surface area contributed by atoms with Gasteiger partial charge < -0.3 is 4.74 Å². The quantitative estimate of drug-likeness (QED) is 0.549. The molecule has 2 heteroatoms. The lowest BCUT2D eigenvalue weighted by atomic mass is 10.1. The number of hydrogen-bond donors (Lipinski definition) is 0. The number of hydrogen-bond acceptors (Lipinski definition) is 2. The van der Waals surface area contributed by atoms with E-state index in [9.17, 15) is 4.79 Å². The largest absolute Gasteiger partial charge is 0.493 e. The average Bonchev–Trinajstić information content (AvgIpc) is 2.25. The van der Waals surface area contributed by atoms with Crippen LogP contribution in [0.5, 0.6) is 5.75 Å². The van der Waals surface area contributed by atoms with Crippen molar-refractivity contribution in [3.63, 3.8) is 0 Å². The summed E-state index contributed by atoms with van der Waals surface area (Å²) in [4.78, 5) is 11.5. The Balaban J connectivity index is 2.61. The molecule has 1 aromatic rings. The van der Waals surface area contributed by atoms with E-state index in [1.54, 1.807) is 6.92 Å². The maximum absolute atomic E-state index is 11.5. The molecule has 0 aliphatic rings. The molecule has 0 aliphatic heterocycles. The molecule has 0 spiro atoms. The first kappa shape index (κ1) is 13.8. The summed E-state index contributed by atoms with van der Waals surface area (Å²) < 4.78 is 5.68. The van der Waals surface area contributed by atoms with Gasteiger partial charge in [0.1, 0.15) is 5.75 Å². The molecule has 0 bridgehead atoms. The van der Waals surface area contributed by atoms with Crippen LogP contribution in [0.25, 0.3) is 0 Å². The normalized spacial score (nSPS) is 10.6. The number of Topliss-reactive ketones (excluding diaryl/α,β-unsaturated/α-hetero) is 1. The predicted molar refractivity (Wildman–Crippen MR) is 70.8 cm³/mol. The van der Waals surface area contributed by atoms with Gasteiger partial charge in [-0.3, -0.25) is 4.79 Å². The van der Waals surface area contributed by atoms with E-state index in [2.05, 4.69) is 13.8 Å². The van der Waals surface area contributed by atoms with Gasteiger partial charge in [-0.2, -0.15) is 0 Å². The second kappa shape index (κ2) is 6.43. The number of carbonyl (C=O) groups is 1. The van der Waals surface area contributed by atoms with Gasteiger partial charge in [0, 0.05) is 0 Å². The molecule has 0 saturated carbocycles. The topological polar surface area (TPSA) is 26.3 Å². The second-order valence-electron chi connectivity index (χ2n) is 4.94. The molecule has 1 aromatic carbocycles. The van der Waals surface area contributed by atoms with Crippen LogP contribution in [0, 0.1) is 12.8 Å². The third-order valence-corrected chi connectivity index (χ3v) is 2.70.